The summed E-state index contributed by atoms with van der Waals surface area (Å²) in [4.78, 5) is 0. The first-order valence-electron chi connectivity index (χ1n) is 6.82. The number of ether oxygens (including phenoxy) is 1. The van der Waals surface area contributed by atoms with Gasteiger partial charge in [0.1, 0.15) is 18.5 Å². The molecule has 0 aliphatic heterocycles. The highest BCUT2D eigenvalue weighted by Gasteiger charge is 2.32. The fraction of sp³-hybridized carbons (Fsp3) is 0.600. The van der Waals surface area contributed by atoms with Crippen molar-refractivity contribution in [2.24, 2.45) is 5.92 Å². The average molecular weight is 249 g/mol. The molecule has 0 radical (unpaired) electrons. The molecule has 3 heteroatoms. The Morgan fingerprint density at radius 1 is 1.50 bits per heavy atom. The largest absolute Gasteiger partial charge is 0.491 e. The van der Waals surface area contributed by atoms with Gasteiger partial charge >= 0.3 is 0 Å². The Labute approximate surface area is 109 Å². The van der Waals surface area contributed by atoms with Gasteiger partial charge in [-0.15, -0.1) is 0 Å². The first-order chi connectivity index (χ1) is 8.69. The smallest absolute Gasteiger partial charge is 0.119 e. The third kappa shape index (κ3) is 4.00. The third-order valence-electron chi connectivity index (χ3n) is 3.47. The van der Waals surface area contributed by atoms with Crippen LogP contribution in [0.25, 0.3) is 0 Å². The maximum Gasteiger partial charge on any atom is 0.119 e. The summed E-state index contributed by atoms with van der Waals surface area (Å²) in [5, 5.41) is 13.1. The summed E-state index contributed by atoms with van der Waals surface area (Å²) in [6, 6.07) is 8.64. The molecule has 0 bridgehead atoms. The van der Waals surface area contributed by atoms with Gasteiger partial charge in [-0.2, -0.15) is 0 Å². The van der Waals surface area contributed by atoms with E-state index in [-0.39, 0.29) is 0 Å². The Kier molecular flexibility index (Phi) is 4.61. The van der Waals surface area contributed by atoms with Crippen LogP contribution in [0.3, 0.4) is 0 Å². The van der Waals surface area contributed by atoms with Crippen molar-refractivity contribution in [3.05, 3.63) is 29.8 Å². The predicted molar refractivity (Wildman–Crippen MR) is 72.9 cm³/mol. The van der Waals surface area contributed by atoms with E-state index in [1.54, 1.807) is 0 Å². The summed E-state index contributed by atoms with van der Waals surface area (Å²) in [6.07, 6.45) is 1.79. The Balaban J connectivity index is 1.69. The fourth-order valence-corrected chi connectivity index (χ4v) is 2.00. The van der Waals surface area contributed by atoms with Crippen molar-refractivity contribution in [1.29, 1.82) is 0 Å². The van der Waals surface area contributed by atoms with E-state index in [0.717, 1.165) is 18.1 Å². The molecule has 1 saturated carbocycles. The lowest BCUT2D eigenvalue weighted by Crippen LogP contribution is -2.33. The molecule has 2 N–H and O–H groups in total. The molecule has 0 spiro atoms. The van der Waals surface area contributed by atoms with Crippen LogP contribution in [-0.2, 0) is 6.42 Å². The molecule has 0 amide bonds. The number of rotatable bonds is 7. The molecule has 18 heavy (non-hydrogen) atoms. The number of aliphatic hydroxyl groups is 1. The zero-order chi connectivity index (χ0) is 13.0. The molecule has 3 nitrogen and oxygen atoms in total. The average Bonchev–Trinajstić information content (AvgIpc) is 3.10. The molecule has 100 valence electrons. The van der Waals surface area contributed by atoms with Gasteiger partial charge < -0.3 is 15.2 Å². The number of benzene rings is 1. The minimum absolute atomic E-state index is 0.348. The Morgan fingerprint density at radius 3 is 2.94 bits per heavy atom. The molecular weight excluding hydrogens is 226 g/mol. The molecule has 0 heterocycles. The molecular formula is C15H23NO2. The first kappa shape index (κ1) is 13.4. The summed E-state index contributed by atoms with van der Waals surface area (Å²) < 4.78 is 5.60. The number of hydrogen-bond donors (Lipinski definition) is 2. The second-order valence-electron chi connectivity index (χ2n) is 5.19. The van der Waals surface area contributed by atoms with E-state index in [9.17, 15) is 5.11 Å². The van der Waals surface area contributed by atoms with Crippen molar-refractivity contribution in [3.63, 3.8) is 0 Å². The Bertz CT molecular complexity index is 381. The van der Waals surface area contributed by atoms with Gasteiger partial charge in [-0.25, -0.2) is 0 Å². The molecule has 3 atom stereocenters. The zero-order valence-corrected chi connectivity index (χ0v) is 11.2. The van der Waals surface area contributed by atoms with Gasteiger partial charge in [-0.1, -0.05) is 26.0 Å². The van der Waals surface area contributed by atoms with Crippen LogP contribution in [0.15, 0.2) is 24.3 Å². The summed E-state index contributed by atoms with van der Waals surface area (Å²) in [7, 11) is 0. The zero-order valence-electron chi connectivity index (χ0n) is 11.2. The molecule has 1 aromatic carbocycles. The molecule has 3 unspecified atom stereocenters. The standard InChI is InChI=1S/C15H23NO2/c1-3-12-5-4-6-14(8-12)18-10-13(17)9-16-15-7-11(15)2/h4-6,8,11,13,15-17H,3,7,9-10H2,1-2H3. The quantitative estimate of drug-likeness (QED) is 0.776. The highest BCUT2D eigenvalue weighted by Crippen LogP contribution is 2.28. The van der Waals surface area contributed by atoms with Crippen LogP contribution in [0.5, 0.6) is 5.75 Å². The summed E-state index contributed by atoms with van der Waals surface area (Å²) in [5.74, 6) is 1.60. The lowest BCUT2D eigenvalue weighted by molar-refractivity contribution is 0.106. The van der Waals surface area contributed by atoms with E-state index >= 15 is 0 Å². The van der Waals surface area contributed by atoms with Gasteiger partial charge in [0.2, 0.25) is 0 Å². The maximum absolute atomic E-state index is 9.81. The fourth-order valence-electron chi connectivity index (χ4n) is 2.00. The van der Waals surface area contributed by atoms with Gasteiger partial charge in [0.05, 0.1) is 0 Å². The molecule has 0 aromatic heterocycles. The van der Waals surface area contributed by atoms with E-state index in [1.165, 1.54) is 12.0 Å². The topological polar surface area (TPSA) is 41.5 Å². The van der Waals surface area contributed by atoms with Crippen LogP contribution in [0.4, 0.5) is 0 Å². The number of aryl methyl sites for hydroxylation is 1. The van der Waals surface area contributed by atoms with Crippen molar-refractivity contribution in [2.45, 2.75) is 38.8 Å². The van der Waals surface area contributed by atoms with Crippen molar-refractivity contribution < 1.29 is 9.84 Å². The first-order valence-corrected chi connectivity index (χ1v) is 6.82. The van der Waals surface area contributed by atoms with Crippen LogP contribution in [0.2, 0.25) is 0 Å². The van der Waals surface area contributed by atoms with Crippen LogP contribution < -0.4 is 10.1 Å². The van der Waals surface area contributed by atoms with E-state index in [4.69, 9.17) is 4.74 Å². The second-order valence-corrected chi connectivity index (χ2v) is 5.19. The lowest BCUT2D eigenvalue weighted by Gasteiger charge is -2.13. The SMILES string of the molecule is CCc1cccc(OCC(O)CNC2CC2C)c1. The number of aliphatic hydroxyl groups excluding tert-OH is 1. The van der Waals surface area contributed by atoms with E-state index in [2.05, 4.69) is 25.2 Å². The normalized spacial score (nSPS) is 23.7. The van der Waals surface area contributed by atoms with Crippen LogP contribution in [-0.4, -0.2) is 30.4 Å². The van der Waals surface area contributed by atoms with Crippen LogP contribution >= 0.6 is 0 Å². The van der Waals surface area contributed by atoms with Gasteiger partial charge in [-0.3, -0.25) is 0 Å². The van der Waals surface area contributed by atoms with Crippen molar-refractivity contribution in [2.75, 3.05) is 13.2 Å². The van der Waals surface area contributed by atoms with Gasteiger partial charge in [0, 0.05) is 12.6 Å². The summed E-state index contributed by atoms with van der Waals surface area (Å²) in [6.45, 7) is 5.30. The molecule has 1 aliphatic rings. The molecule has 1 aliphatic carbocycles. The molecule has 0 saturated heterocycles. The van der Waals surface area contributed by atoms with Gasteiger partial charge in [0.15, 0.2) is 0 Å². The minimum Gasteiger partial charge on any atom is -0.491 e. The minimum atomic E-state index is -0.442. The third-order valence-corrected chi connectivity index (χ3v) is 3.47. The number of nitrogens with one attached hydrogen (secondary N) is 1. The van der Waals surface area contributed by atoms with Crippen LogP contribution in [0, 0.1) is 5.92 Å². The van der Waals surface area contributed by atoms with E-state index in [0.29, 0.717) is 19.2 Å². The molecule has 1 fully saturated rings. The van der Waals surface area contributed by atoms with Crippen LogP contribution in [0.1, 0.15) is 25.8 Å². The lowest BCUT2D eigenvalue weighted by atomic mass is 10.2. The molecule has 1 aromatic rings. The Morgan fingerprint density at radius 2 is 2.28 bits per heavy atom. The predicted octanol–water partition coefficient (Wildman–Crippen LogP) is 1.99. The highest BCUT2D eigenvalue weighted by atomic mass is 16.5. The Hall–Kier alpha value is -1.06. The highest BCUT2D eigenvalue weighted by molar-refractivity contribution is 5.28. The maximum atomic E-state index is 9.81. The van der Waals surface area contributed by atoms with Gasteiger partial charge in [0.25, 0.3) is 0 Å². The second kappa shape index (κ2) is 6.21. The van der Waals surface area contributed by atoms with Crippen molar-refractivity contribution in [1.82, 2.24) is 5.32 Å². The summed E-state index contributed by atoms with van der Waals surface area (Å²) in [5.41, 5.74) is 1.26. The number of hydrogen-bond acceptors (Lipinski definition) is 3. The monoisotopic (exact) mass is 249 g/mol. The molecule has 2 rings (SSSR count). The van der Waals surface area contributed by atoms with Crippen molar-refractivity contribution in [3.8, 4) is 5.75 Å². The van der Waals surface area contributed by atoms with E-state index < -0.39 is 6.10 Å². The van der Waals surface area contributed by atoms with E-state index in [1.807, 2.05) is 18.2 Å². The van der Waals surface area contributed by atoms with Gasteiger partial charge in [-0.05, 0) is 36.5 Å². The van der Waals surface area contributed by atoms with Crippen molar-refractivity contribution >= 4 is 0 Å². The summed E-state index contributed by atoms with van der Waals surface area (Å²) >= 11 is 0.